The predicted octanol–water partition coefficient (Wildman–Crippen LogP) is 2.57. The van der Waals surface area contributed by atoms with Crippen LogP contribution in [0.5, 0.6) is 0 Å². The van der Waals surface area contributed by atoms with Crippen LogP contribution in [0, 0.1) is 0 Å². The number of carbonyl (C=O) groups is 1. The molecule has 1 aliphatic heterocycles. The van der Waals surface area contributed by atoms with E-state index in [1.54, 1.807) is 11.4 Å². The lowest BCUT2D eigenvalue weighted by Gasteiger charge is -2.16. The average molecular weight is 293 g/mol. The number of ether oxygens (including phenoxy) is 2. The lowest BCUT2D eigenvalue weighted by molar-refractivity contribution is -0.163. The molecule has 0 bridgehead atoms. The molecule has 0 radical (unpaired) electrons. The topological polar surface area (TPSA) is 47.6 Å². The van der Waals surface area contributed by atoms with E-state index in [1.165, 1.54) is 18.2 Å². The molecule has 110 valence electrons. The van der Waals surface area contributed by atoms with E-state index in [-0.39, 0.29) is 5.69 Å². The highest BCUT2D eigenvalue weighted by Gasteiger charge is 2.48. The maximum Gasteiger partial charge on any atom is 0.383 e. The van der Waals surface area contributed by atoms with E-state index in [9.17, 15) is 22.4 Å². The minimum atomic E-state index is -4.74. The highest BCUT2D eigenvalue weighted by molar-refractivity contribution is 5.96. The molecule has 8 heteroatoms. The second-order valence-corrected chi connectivity index (χ2v) is 4.08. The quantitative estimate of drug-likeness (QED) is 0.868. The largest absolute Gasteiger partial charge is 0.383 e. The van der Waals surface area contributed by atoms with Crippen molar-refractivity contribution in [1.82, 2.24) is 0 Å². The van der Waals surface area contributed by atoms with Gasteiger partial charge in [0.25, 0.3) is 0 Å². The van der Waals surface area contributed by atoms with Gasteiger partial charge in [-0.3, -0.25) is 4.79 Å². The Hall–Kier alpha value is -1.67. The molecule has 0 aliphatic carbocycles. The second-order valence-electron chi connectivity index (χ2n) is 4.08. The van der Waals surface area contributed by atoms with Gasteiger partial charge in [0.2, 0.25) is 0 Å². The Morgan fingerprint density at radius 1 is 1.30 bits per heavy atom. The summed E-state index contributed by atoms with van der Waals surface area (Å²) in [5, 5.41) is 1.75. The molecule has 1 saturated heterocycles. The molecule has 2 rings (SSSR count). The summed E-state index contributed by atoms with van der Waals surface area (Å²) in [6, 6.07) is 5.71. The van der Waals surface area contributed by atoms with Gasteiger partial charge in [-0.25, -0.2) is 8.78 Å². The van der Waals surface area contributed by atoms with E-state index < -0.39 is 24.5 Å². The Labute approximate surface area is 111 Å². The number of amides is 1. The van der Waals surface area contributed by atoms with E-state index >= 15 is 0 Å². The normalized spacial score (nSPS) is 16.6. The fourth-order valence-corrected chi connectivity index (χ4v) is 1.63. The fourth-order valence-electron chi connectivity index (χ4n) is 1.63. The van der Waals surface area contributed by atoms with E-state index in [4.69, 9.17) is 9.47 Å². The Bertz CT molecular complexity index is 489. The smallest absolute Gasteiger partial charge is 0.346 e. The number of nitrogens with one attached hydrogen (secondary N) is 1. The number of benzene rings is 1. The van der Waals surface area contributed by atoms with Crippen molar-refractivity contribution >= 4 is 11.6 Å². The molecule has 1 amide bonds. The summed E-state index contributed by atoms with van der Waals surface area (Å²) in [5.74, 6) is -6.80. The number of hydrogen-bond donors (Lipinski definition) is 1. The number of carbonyl (C=O) groups excluding carboxylic acids is 1. The third kappa shape index (κ3) is 3.07. The average Bonchev–Trinajstić information content (AvgIpc) is 2.92. The van der Waals surface area contributed by atoms with Crippen LogP contribution in [0.25, 0.3) is 0 Å². The van der Waals surface area contributed by atoms with Crippen molar-refractivity contribution in [3.8, 4) is 0 Å². The first kappa shape index (κ1) is 14.7. The molecule has 0 aromatic heterocycles. The van der Waals surface area contributed by atoms with Crippen molar-refractivity contribution < 1.29 is 31.8 Å². The molecule has 1 N–H and O–H groups in total. The Morgan fingerprint density at radius 2 is 1.95 bits per heavy atom. The van der Waals surface area contributed by atoms with Gasteiger partial charge in [0.15, 0.2) is 6.29 Å². The molecule has 4 nitrogen and oxygen atoms in total. The molecular weight excluding hydrogens is 282 g/mol. The van der Waals surface area contributed by atoms with Gasteiger partial charge in [-0.05, 0) is 12.1 Å². The van der Waals surface area contributed by atoms with Crippen LogP contribution in [0.15, 0.2) is 24.3 Å². The molecule has 1 aromatic rings. The summed E-state index contributed by atoms with van der Waals surface area (Å²) < 4.78 is 60.1. The zero-order valence-corrected chi connectivity index (χ0v) is 10.1. The second kappa shape index (κ2) is 5.76. The van der Waals surface area contributed by atoms with E-state index in [0.29, 0.717) is 18.8 Å². The monoisotopic (exact) mass is 293 g/mol. The Balaban J connectivity index is 2.10. The molecule has 0 unspecified atom stereocenters. The highest BCUT2D eigenvalue weighted by Crippen LogP contribution is 2.27. The molecule has 1 aliphatic rings. The van der Waals surface area contributed by atoms with Crippen molar-refractivity contribution in [3.63, 3.8) is 0 Å². The molecule has 0 atom stereocenters. The van der Waals surface area contributed by atoms with E-state index in [0.717, 1.165) is 0 Å². The Morgan fingerprint density at radius 3 is 2.55 bits per heavy atom. The SMILES string of the molecule is O=C(Nc1cccc(C2OCCO2)c1)C(F)(F)C(F)F. The Kier molecular flexibility index (Phi) is 4.24. The summed E-state index contributed by atoms with van der Waals surface area (Å²) in [4.78, 5) is 11.1. The summed E-state index contributed by atoms with van der Waals surface area (Å²) in [5.41, 5.74) is 0.465. The summed E-state index contributed by atoms with van der Waals surface area (Å²) >= 11 is 0. The van der Waals surface area contributed by atoms with Crippen LogP contribution in [0.2, 0.25) is 0 Å². The molecule has 0 spiro atoms. The third-order valence-corrected chi connectivity index (χ3v) is 2.62. The van der Waals surface area contributed by atoms with Crippen molar-refractivity contribution in [1.29, 1.82) is 0 Å². The van der Waals surface area contributed by atoms with Crippen LogP contribution in [-0.4, -0.2) is 31.5 Å². The first-order valence-corrected chi connectivity index (χ1v) is 5.72. The standard InChI is InChI=1S/C12H11F4NO3/c13-10(14)12(15,16)11(18)17-8-3-1-2-7(6-8)9-19-4-5-20-9/h1-3,6,9-10H,4-5H2,(H,17,18). The highest BCUT2D eigenvalue weighted by atomic mass is 19.3. The molecule has 1 aromatic carbocycles. The molecule has 0 saturated carbocycles. The number of alkyl halides is 4. The first-order chi connectivity index (χ1) is 9.41. The zero-order valence-electron chi connectivity index (χ0n) is 10.1. The summed E-state index contributed by atoms with van der Waals surface area (Å²) in [6.07, 6.45) is -4.71. The lowest BCUT2D eigenvalue weighted by Crippen LogP contribution is -2.41. The zero-order chi connectivity index (χ0) is 14.8. The van der Waals surface area contributed by atoms with Gasteiger partial charge in [0.05, 0.1) is 13.2 Å². The summed E-state index contributed by atoms with van der Waals surface area (Å²) in [6.45, 7) is 0.787. The summed E-state index contributed by atoms with van der Waals surface area (Å²) in [7, 11) is 0. The van der Waals surface area contributed by atoms with Crippen molar-refractivity contribution in [2.75, 3.05) is 18.5 Å². The van der Waals surface area contributed by atoms with Gasteiger partial charge in [-0.1, -0.05) is 12.1 Å². The molecule has 1 heterocycles. The van der Waals surface area contributed by atoms with Gasteiger partial charge in [-0.2, -0.15) is 8.78 Å². The van der Waals surface area contributed by atoms with Gasteiger partial charge < -0.3 is 14.8 Å². The minimum Gasteiger partial charge on any atom is -0.346 e. The van der Waals surface area contributed by atoms with Crippen molar-refractivity contribution in [2.24, 2.45) is 0 Å². The van der Waals surface area contributed by atoms with E-state index in [2.05, 4.69) is 0 Å². The predicted molar refractivity (Wildman–Crippen MR) is 60.7 cm³/mol. The number of hydrogen-bond acceptors (Lipinski definition) is 3. The van der Waals surface area contributed by atoms with Gasteiger partial charge in [0, 0.05) is 11.3 Å². The van der Waals surface area contributed by atoms with Crippen LogP contribution in [-0.2, 0) is 14.3 Å². The van der Waals surface area contributed by atoms with Crippen molar-refractivity contribution in [3.05, 3.63) is 29.8 Å². The van der Waals surface area contributed by atoms with E-state index in [1.807, 2.05) is 0 Å². The van der Waals surface area contributed by atoms with Crippen LogP contribution in [0.1, 0.15) is 11.9 Å². The lowest BCUT2D eigenvalue weighted by atomic mass is 10.2. The van der Waals surface area contributed by atoms with Gasteiger partial charge >= 0.3 is 18.3 Å². The molecule has 20 heavy (non-hydrogen) atoms. The van der Waals surface area contributed by atoms with Crippen LogP contribution in [0.4, 0.5) is 23.2 Å². The van der Waals surface area contributed by atoms with Gasteiger partial charge in [-0.15, -0.1) is 0 Å². The molecular formula is C12H11F4NO3. The van der Waals surface area contributed by atoms with Crippen LogP contribution in [0.3, 0.4) is 0 Å². The molecule has 1 fully saturated rings. The minimum absolute atomic E-state index is 0.0353. The first-order valence-electron chi connectivity index (χ1n) is 5.72. The maximum atomic E-state index is 12.8. The van der Waals surface area contributed by atoms with Crippen LogP contribution >= 0.6 is 0 Å². The number of halogens is 4. The maximum absolute atomic E-state index is 12.8. The third-order valence-electron chi connectivity index (χ3n) is 2.62. The van der Waals surface area contributed by atoms with Crippen molar-refractivity contribution in [2.45, 2.75) is 18.6 Å². The number of anilines is 1. The number of rotatable bonds is 4. The fraction of sp³-hybridized carbons (Fsp3) is 0.417. The van der Waals surface area contributed by atoms with Crippen LogP contribution < -0.4 is 5.32 Å². The van der Waals surface area contributed by atoms with Gasteiger partial charge in [0.1, 0.15) is 0 Å².